The molecule has 4 rings (SSSR count). The summed E-state index contributed by atoms with van der Waals surface area (Å²) in [6.45, 7) is 3.46. The molecule has 3 aromatic rings. The summed E-state index contributed by atoms with van der Waals surface area (Å²) in [7, 11) is -3.76. The lowest BCUT2D eigenvalue weighted by Gasteiger charge is -2.42. The summed E-state index contributed by atoms with van der Waals surface area (Å²) in [5.41, 5.74) is -0.814. The zero-order valence-corrected chi connectivity index (χ0v) is 16.8. The molecule has 2 atom stereocenters. The van der Waals surface area contributed by atoms with E-state index in [1.165, 1.54) is 34.9 Å². The largest absolute Gasteiger partial charge is 0.485 e. The SMILES string of the molecule is CC1(C)Oc2ccc(S(=O)(=O)c3ccccc3)cc2[C@@H](n2ccccc2=O)[C@@H]1O. The number of aliphatic hydroxyl groups excluding tert-OH is 1. The fourth-order valence-corrected chi connectivity index (χ4v) is 4.94. The Bertz CT molecular complexity index is 1220. The number of sulfone groups is 1. The first-order chi connectivity index (χ1) is 13.7. The second kappa shape index (κ2) is 6.86. The molecule has 0 bridgehead atoms. The second-order valence-corrected chi connectivity index (χ2v) is 9.51. The highest BCUT2D eigenvalue weighted by Gasteiger charge is 2.44. The summed E-state index contributed by atoms with van der Waals surface area (Å²) in [5.74, 6) is 0.438. The molecule has 2 heterocycles. The molecule has 0 amide bonds. The number of ether oxygens (including phenoxy) is 1. The summed E-state index contributed by atoms with van der Waals surface area (Å²) >= 11 is 0. The number of rotatable bonds is 3. The third-order valence-electron chi connectivity index (χ3n) is 5.20. The molecule has 2 aromatic carbocycles. The lowest BCUT2D eigenvalue weighted by atomic mass is 9.86. The summed E-state index contributed by atoms with van der Waals surface area (Å²) in [6, 6.07) is 16.6. The molecule has 6 nitrogen and oxygen atoms in total. The van der Waals surface area contributed by atoms with E-state index in [1.807, 2.05) is 0 Å². The lowest BCUT2D eigenvalue weighted by Crippen LogP contribution is -2.52. The molecule has 0 aliphatic carbocycles. The van der Waals surface area contributed by atoms with Crippen LogP contribution in [0.2, 0.25) is 0 Å². The molecular formula is C22H21NO5S. The van der Waals surface area contributed by atoms with Gasteiger partial charge in [-0.1, -0.05) is 24.3 Å². The Kier molecular flexibility index (Phi) is 4.59. The van der Waals surface area contributed by atoms with Crippen LogP contribution >= 0.6 is 0 Å². The highest BCUT2D eigenvalue weighted by Crippen LogP contribution is 2.42. The minimum absolute atomic E-state index is 0.0759. The summed E-state index contributed by atoms with van der Waals surface area (Å²) in [4.78, 5) is 12.7. The minimum atomic E-state index is -3.76. The molecule has 1 aliphatic rings. The van der Waals surface area contributed by atoms with Gasteiger partial charge < -0.3 is 14.4 Å². The molecular weight excluding hydrogens is 390 g/mol. The molecule has 29 heavy (non-hydrogen) atoms. The first-order valence-electron chi connectivity index (χ1n) is 9.20. The van der Waals surface area contributed by atoms with Crippen molar-refractivity contribution in [1.29, 1.82) is 0 Å². The molecule has 0 saturated heterocycles. The van der Waals surface area contributed by atoms with E-state index in [4.69, 9.17) is 4.74 Å². The van der Waals surface area contributed by atoms with Crippen molar-refractivity contribution >= 4 is 9.84 Å². The Balaban J connectivity index is 1.92. The summed E-state index contributed by atoms with van der Waals surface area (Å²) in [6.07, 6.45) is 0.518. The Labute approximate surface area is 168 Å². The van der Waals surface area contributed by atoms with E-state index in [-0.39, 0.29) is 15.4 Å². The van der Waals surface area contributed by atoms with Crippen LogP contribution in [-0.4, -0.2) is 29.8 Å². The van der Waals surface area contributed by atoms with Gasteiger partial charge in [-0.05, 0) is 50.2 Å². The molecule has 0 spiro atoms. The smallest absolute Gasteiger partial charge is 0.251 e. The zero-order chi connectivity index (χ0) is 20.8. The van der Waals surface area contributed by atoms with Crippen molar-refractivity contribution in [3.05, 3.63) is 88.8 Å². The van der Waals surface area contributed by atoms with E-state index < -0.39 is 27.6 Å². The molecule has 0 saturated carbocycles. The molecule has 7 heteroatoms. The number of benzene rings is 2. The van der Waals surface area contributed by atoms with Gasteiger partial charge in [-0.15, -0.1) is 0 Å². The van der Waals surface area contributed by atoms with Gasteiger partial charge in [0, 0.05) is 17.8 Å². The van der Waals surface area contributed by atoms with Crippen LogP contribution < -0.4 is 10.3 Å². The molecule has 0 radical (unpaired) electrons. The summed E-state index contributed by atoms with van der Waals surface area (Å²) in [5, 5.41) is 11.0. The van der Waals surface area contributed by atoms with Crippen LogP contribution in [0.15, 0.2) is 87.5 Å². The average Bonchev–Trinajstić information content (AvgIpc) is 2.70. The maximum absolute atomic E-state index is 13.1. The zero-order valence-electron chi connectivity index (χ0n) is 16.0. The van der Waals surface area contributed by atoms with E-state index in [1.54, 1.807) is 56.4 Å². The highest BCUT2D eigenvalue weighted by molar-refractivity contribution is 7.91. The van der Waals surface area contributed by atoms with Crippen molar-refractivity contribution in [3.8, 4) is 5.75 Å². The highest BCUT2D eigenvalue weighted by atomic mass is 32.2. The predicted octanol–water partition coefficient (Wildman–Crippen LogP) is 2.80. The Morgan fingerprint density at radius 1 is 0.966 bits per heavy atom. The number of aliphatic hydroxyl groups is 1. The molecule has 0 fully saturated rings. The minimum Gasteiger partial charge on any atom is -0.485 e. The summed E-state index contributed by atoms with van der Waals surface area (Å²) < 4.78 is 33.5. The van der Waals surface area contributed by atoms with Gasteiger partial charge in [0.25, 0.3) is 5.56 Å². The number of nitrogens with zero attached hydrogens (tertiary/aromatic N) is 1. The van der Waals surface area contributed by atoms with Gasteiger partial charge in [0.15, 0.2) is 0 Å². The number of hydrogen-bond acceptors (Lipinski definition) is 5. The Morgan fingerprint density at radius 2 is 1.66 bits per heavy atom. The predicted molar refractivity (Wildman–Crippen MR) is 108 cm³/mol. The molecule has 0 unspecified atom stereocenters. The van der Waals surface area contributed by atoms with E-state index in [0.29, 0.717) is 11.3 Å². The fourth-order valence-electron chi connectivity index (χ4n) is 3.62. The normalized spacial score (nSPS) is 20.5. The van der Waals surface area contributed by atoms with Crippen LogP contribution in [0.3, 0.4) is 0 Å². The standard InChI is InChI=1S/C22H21NO5S/c1-22(2)21(25)20(23-13-7-6-10-19(23)24)17-14-16(11-12-18(17)28-22)29(26,27)15-8-4-3-5-9-15/h3-14,20-21,25H,1-2H3/t20-,21+/m1/s1. The van der Waals surface area contributed by atoms with Crippen molar-refractivity contribution in [3.63, 3.8) is 0 Å². The van der Waals surface area contributed by atoms with Crippen LogP contribution in [0.1, 0.15) is 25.5 Å². The Morgan fingerprint density at radius 3 is 2.34 bits per heavy atom. The molecule has 1 aromatic heterocycles. The van der Waals surface area contributed by atoms with Gasteiger partial charge in [0.1, 0.15) is 17.5 Å². The van der Waals surface area contributed by atoms with E-state index in [0.717, 1.165) is 0 Å². The van der Waals surface area contributed by atoms with Gasteiger partial charge in [-0.3, -0.25) is 4.79 Å². The average molecular weight is 411 g/mol. The third-order valence-corrected chi connectivity index (χ3v) is 6.97. The van der Waals surface area contributed by atoms with Gasteiger partial charge in [0.2, 0.25) is 9.84 Å². The lowest BCUT2D eigenvalue weighted by molar-refractivity contribution is -0.0643. The maximum atomic E-state index is 13.1. The molecule has 1 aliphatic heterocycles. The number of pyridine rings is 1. The number of hydrogen-bond donors (Lipinski definition) is 1. The van der Waals surface area contributed by atoms with Crippen molar-refractivity contribution in [2.24, 2.45) is 0 Å². The van der Waals surface area contributed by atoms with Gasteiger partial charge in [-0.2, -0.15) is 0 Å². The van der Waals surface area contributed by atoms with Crippen LogP contribution in [-0.2, 0) is 9.84 Å². The van der Waals surface area contributed by atoms with E-state index in [2.05, 4.69) is 0 Å². The molecule has 1 N–H and O–H groups in total. The van der Waals surface area contributed by atoms with Crippen molar-refractivity contribution in [2.75, 3.05) is 0 Å². The van der Waals surface area contributed by atoms with E-state index >= 15 is 0 Å². The van der Waals surface area contributed by atoms with Crippen LogP contribution in [0.25, 0.3) is 0 Å². The van der Waals surface area contributed by atoms with E-state index in [9.17, 15) is 18.3 Å². The topological polar surface area (TPSA) is 85.6 Å². The quantitative estimate of drug-likeness (QED) is 0.716. The van der Waals surface area contributed by atoms with Gasteiger partial charge >= 0.3 is 0 Å². The van der Waals surface area contributed by atoms with Crippen molar-refractivity contribution < 1.29 is 18.3 Å². The third kappa shape index (κ3) is 3.26. The van der Waals surface area contributed by atoms with Crippen molar-refractivity contribution in [1.82, 2.24) is 4.57 Å². The second-order valence-electron chi connectivity index (χ2n) is 7.56. The first kappa shape index (κ1) is 19.4. The fraction of sp³-hybridized carbons (Fsp3) is 0.227. The van der Waals surface area contributed by atoms with Crippen LogP contribution in [0.4, 0.5) is 0 Å². The maximum Gasteiger partial charge on any atom is 0.251 e. The number of aromatic nitrogens is 1. The number of fused-ring (bicyclic) bond motifs is 1. The van der Waals surface area contributed by atoms with Crippen LogP contribution in [0.5, 0.6) is 5.75 Å². The van der Waals surface area contributed by atoms with Crippen molar-refractivity contribution in [2.45, 2.75) is 41.4 Å². The molecule has 150 valence electrons. The first-order valence-corrected chi connectivity index (χ1v) is 10.7. The monoisotopic (exact) mass is 411 g/mol. The van der Waals surface area contributed by atoms with Gasteiger partial charge in [0.05, 0.1) is 15.8 Å². The van der Waals surface area contributed by atoms with Crippen LogP contribution in [0, 0.1) is 0 Å². The van der Waals surface area contributed by atoms with Gasteiger partial charge in [-0.25, -0.2) is 8.42 Å². The Hall–Kier alpha value is -2.90.